The van der Waals surface area contributed by atoms with E-state index in [1.807, 2.05) is 42.5 Å². The molecular formula is C16H18INO. The average molecular weight is 367 g/mol. The van der Waals surface area contributed by atoms with Crippen LogP contribution in [0.1, 0.15) is 18.9 Å². The molecule has 0 aromatic heterocycles. The van der Waals surface area contributed by atoms with Crippen molar-refractivity contribution >= 4 is 22.6 Å². The third-order valence-electron chi connectivity index (χ3n) is 3.02. The predicted molar refractivity (Wildman–Crippen MR) is 87.6 cm³/mol. The van der Waals surface area contributed by atoms with Gasteiger partial charge >= 0.3 is 0 Å². The van der Waals surface area contributed by atoms with Gasteiger partial charge in [0.05, 0.1) is 0 Å². The van der Waals surface area contributed by atoms with E-state index in [1.54, 1.807) is 0 Å². The van der Waals surface area contributed by atoms with Gasteiger partial charge in [0.15, 0.2) is 0 Å². The van der Waals surface area contributed by atoms with Crippen LogP contribution in [0, 0.1) is 3.57 Å². The van der Waals surface area contributed by atoms with Crippen molar-refractivity contribution in [1.29, 1.82) is 0 Å². The van der Waals surface area contributed by atoms with Gasteiger partial charge < -0.3 is 10.5 Å². The lowest BCUT2D eigenvalue weighted by Gasteiger charge is -2.14. The number of hydrogen-bond acceptors (Lipinski definition) is 2. The first kappa shape index (κ1) is 14.3. The fourth-order valence-corrected chi connectivity index (χ4v) is 2.19. The SMILES string of the molecule is CCC(N)Cc1ccccc1Oc1ccc(I)cc1. The lowest BCUT2D eigenvalue weighted by atomic mass is 10.0. The Balaban J connectivity index is 2.17. The zero-order valence-corrected chi connectivity index (χ0v) is 13.1. The summed E-state index contributed by atoms with van der Waals surface area (Å²) in [6, 6.07) is 16.3. The molecule has 0 spiro atoms. The largest absolute Gasteiger partial charge is 0.457 e. The van der Waals surface area contributed by atoms with E-state index in [0.717, 1.165) is 29.9 Å². The second-order valence-corrected chi connectivity index (χ2v) is 5.78. The quantitative estimate of drug-likeness (QED) is 0.797. The fraction of sp³-hybridized carbons (Fsp3) is 0.250. The van der Waals surface area contributed by atoms with Crippen molar-refractivity contribution in [2.24, 2.45) is 5.73 Å². The third kappa shape index (κ3) is 4.21. The molecule has 0 aliphatic heterocycles. The molecule has 2 N–H and O–H groups in total. The Kier molecular flexibility index (Phi) is 5.22. The Hall–Kier alpha value is -1.07. The van der Waals surface area contributed by atoms with Gasteiger partial charge in [-0.25, -0.2) is 0 Å². The van der Waals surface area contributed by atoms with Crippen LogP contribution in [-0.4, -0.2) is 6.04 Å². The highest BCUT2D eigenvalue weighted by Gasteiger charge is 2.08. The Bertz CT molecular complexity index is 525. The number of benzene rings is 2. The maximum absolute atomic E-state index is 6.03. The summed E-state index contributed by atoms with van der Waals surface area (Å²) in [5.74, 6) is 1.76. The molecule has 0 heterocycles. The van der Waals surface area contributed by atoms with Gasteiger partial charge in [-0.2, -0.15) is 0 Å². The maximum atomic E-state index is 6.03. The number of ether oxygens (including phenoxy) is 1. The molecule has 0 bridgehead atoms. The van der Waals surface area contributed by atoms with Crippen LogP contribution in [-0.2, 0) is 6.42 Å². The Morgan fingerprint density at radius 3 is 2.47 bits per heavy atom. The van der Waals surface area contributed by atoms with Gasteiger partial charge in [0.1, 0.15) is 11.5 Å². The van der Waals surface area contributed by atoms with Gasteiger partial charge in [0.25, 0.3) is 0 Å². The molecule has 3 heteroatoms. The van der Waals surface area contributed by atoms with Gasteiger partial charge in [-0.15, -0.1) is 0 Å². The monoisotopic (exact) mass is 367 g/mol. The molecule has 0 saturated heterocycles. The van der Waals surface area contributed by atoms with Gasteiger partial charge in [0, 0.05) is 9.61 Å². The van der Waals surface area contributed by atoms with E-state index in [-0.39, 0.29) is 6.04 Å². The molecule has 0 aliphatic rings. The molecule has 100 valence electrons. The summed E-state index contributed by atoms with van der Waals surface area (Å²) in [4.78, 5) is 0. The minimum absolute atomic E-state index is 0.182. The van der Waals surface area contributed by atoms with Crippen molar-refractivity contribution in [2.75, 3.05) is 0 Å². The van der Waals surface area contributed by atoms with E-state index in [4.69, 9.17) is 10.5 Å². The number of para-hydroxylation sites is 1. The van der Waals surface area contributed by atoms with E-state index in [0.29, 0.717) is 0 Å². The maximum Gasteiger partial charge on any atom is 0.130 e. The molecule has 0 amide bonds. The molecule has 2 rings (SSSR count). The number of halogens is 1. The van der Waals surface area contributed by atoms with Crippen molar-refractivity contribution in [1.82, 2.24) is 0 Å². The predicted octanol–water partition coefficient (Wildman–Crippen LogP) is 4.36. The summed E-state index contributed by atoms with van der Waals surface area (Å²) in [6.07, 6.45) is 1.81. The Morgan fingerprint density at radius 1 is 1.11 bits per heavy atom. The second-order valence-electron chi connectivity index (χ2n) is 4.54. The Morgan fingerprint density at radius 2 is 1.79 bits per heavy atom. The summed E-state index contributed by atoms with van der Waals surface area (Å²) in [5, 5.41) is 0. The molecule has 1 atom stereocenters. The molecule has 0 saturated carbocycles. The first-order valence-corrected chi connectivity index (χ1v) is 7.54. The minimum atomic E-state index is 0.182. The highest BCUT2D eigenvalue weighted by atomic mass is 127. The molecule has 2 aromatic carbocycles. The lowest BCUT2D eigenvalue weighted by molar-refractivity contribution is 0.472. The molecule has 0 radical (unpaired) electrons. The third-order valence-corrected chi connectivity index (χ3v) is 3.74. The van der Waals surface area contributed by atoms with Crippen LogP contribution in [0.15, 0.2) is 48.5 Å². The lowest BCUT2D eigenvalue weighted by Crippen LogP contribution is -2.21. The van der Waals surface area contributed by atoms with Crippen molar-refractivity contribution in [2.45, 2.75) is 25.8 Å². The fourth-order valence-electron chi connectivity index (χ4n) is 1.83. The van der Waals surface area contributed by atoms with E-state index in [1.165, 1.54) is 3.57 Å². The normalized spacial score (nSPS) is 12.2. The first-order valence-electron chi connectivity index (χ1n) is 6.46. The molecule has 0 fully saturated rings. The zero-order chi connectivity index (χ0) is 13.7. The van der Waals surface area contributed by atoms with Crippen LogP contribution in [0.5, 0.6) is 11.5 Å². The number of hydrogen-bond donors (Lipinski definition) is 1. The van der Waals surface area contributed by atoms with Crippen LogP contribution in [0.3, 0.4) is 0 Å². The van der Waals surface area contributed by atoms with Crippen LogP contribution in [0.25, 0.3) is 0 Å². The van der Waals surface area contributed by atoms with Crippen molar-refractivity contribution in [3.8, 4) is 11.5 Å². The zero-order valence-electron chi connectivity index (χ0n) is 11.0. The Labute approximate surface area is 128 Å². The van der Waals surface area contributed by atoms with Gasteiger partial charge in [-0.05, 0) is 71.3 Å². The van der Waals surface area contributed by atoms with Crippen LogP contribution >= 0.6 is 22.6 Å². The standard InChI is InChI=1S/C16H18INO/c1-2-14(18)11-12-5-3-4-6-16(12)19-15-9-7-13(17)8-10-15/h3-10,14H,2,11,18H2,1H3. The summed E-state index contributed by atoms with van der Waals surface area (Å²) in [7, 11) is 0. The second kappa shape index (κ2) is 6.91. The smallest absolute Gasteiger partial charge is 0.130 e. The van der Waals surface area contributed by atoms with Crippen molar-refractivity contribution < 1.29 is 4.74 Å². The van der Waals surface area contributed by atoms with E-state index in [9.17, 15) is 0 Å². The molecular weight excluding hydrogens is 349 g/mol. The summed E-state index contributed by atoms with van der Waals surface area (Å²) >= 11 is 2.28. The topological polar surface area (TPSA) is 35.2 Å². The highest BCUT2D eigenvalue weighted by Crippen LogP contribution is 2.26. The van der Waals surface area contributed by atoms with Crippen molar-refractivity contribution in [3.05, 3.63) is 57.7 Å². The number of nitrogens with two attached hydrogens (primary N) is 1. The van der Waals surface area contributed by atoms with Gasteiger partial charge in [-0.3, -0.25) is 0 Å². The summed E-state index contributed by atoms with van der Waals surface area (Å²) in [6.45, 7) is 2.10. The summed E-state index contributed by atoms with van der Waals surface area (Å²) in [5.41, 5.74) is 7.19. The molecule has 0 aliphatic carbocycles. The molecule has 1 unspecified atom stereocenters. The van der Waals surface area contributed by atoms with Gasteiger partial charge in [0.2, 0.25) is 0 Å². The molecule has 2 nitrogen and oxygen atoms in total. The molecule has 19 heavy (non-hydrogen) atoms. The molecule has 2 aromatic rings. The van der Waals surface area contributed by atoms with Gasteiger partial charge in [-0.1, -0.05) is 25.1 Å². The van der Waals surface area contributed by atoms with Crippen molar-refractivity contribution in [3.63, 3.8) is 0 Å². The van der Waals surface area contributed by atoms with E-state index >= 15 is 0 Å². The van der Waals surface area contributed by atoms with Crippen LogP contribution in [0.4, 0.5) is 0 Å². The van der Waals surface area contributed by atoms with Crippen LogP contribution in [0.2, 0.25) is 0 Å². The summed E-state index contributed by atoms with van der Waals surface area (Å²) < 4.78 is 7.15. The number of rotatable bonds is 5. The highest BCUT2D eigenvalue weighted by molar-refractivity contribution is 14.1. The average Bonchev–Trinajstić information content (AvgIpc) is 2.43. The first-order chi connectivity index (χ1) is 9.19. The van der Waals surface area contributed by atoms with E-state index in [2.05, 4.69) is 35.6 Å². The minimum Gasteiger partial charge on any atom is -0.457 e. The van der Waals surface area contributed by atoms with E-state index < -0.39 is 0 Å². The van der Waals surface area contributed by atoms with Crippen LogP contribution < -0.4 is 10.5 Å².